The number of rotatable bonds is 4. The van der Waals surface area contributed by atoms with Crippen LogP contribution in [0.15, 0.2) is 0 Å². The van der Waals surface area contributed by atoms with E-state index in [9.17, 15) is 0 Å². The Labute approximate surface area is 98.2 Å². The van der Waals surface area contributed by atoms with Gasteiger partial charge in [-0.2, -0.15) is 11.8 Å². The van der Waals surface area contributed by atoms with Crippen LogP contribution in [0, 0.1) is 0 Å². The highest BCUT2D eigenvalue weighted by molar-refractivity contribution is 7.99. The molecule has 2 rings (SSSR count). The molecule has 0 spiro atoms. The van der Waals surface area contributed by atoms with Crippen molar-refractivity contribution in [3.63, 3.8) is 0 Å². The van der Waals surface area contributed by atoms with Crippen molar-refractivity contribution in [3.8, 4) is 0 Å². The van der Waals surface area contributed by atoms with Gasteiger partial charge in [-0.05, 0) is 12.8 Å². The summed E-state index contributed by atoms with van der Waals surface area (Å²) >= 11 is 2.10. The summed E-state index contributed by atoms with van der Waals surface area (Å²) < 4.78 is 0. The molecule has 0 aromatic heterocycles. The standard InChI is InChI=1S/C12H24N2S/c1-2-4-12(5-3-1)13-6-7-14-8-10-15-11-9-14/h12-13H,1-11H2. The topological polar surface area (TPSA) is 15.3 Å². The number of hydrogen-bond acceptors (Lipinski definition) is 3. The second-order valence-electron chi connectivity index (χ2n) is 4.74. The number of hydrogen-bond donors (Lipinski definition) is 1. The maximum Gasteiger partial charge on any atom is 0.0108 e. The van der Waals surface area contributed by atoms with Gasteiger partial charge in [0.2, 0.25) is 0 Å². The van der Waals surface area contributed by atoms with Crippen LogP contribution in [0.2, 0.25) is 0 Å². The van der Waals surface area contributed by atoms with Crippen molar-refractivity contribution >= 4 is 11.8 Å². The summed E-state index contributed by atoms with van der Waals surface area (Å²) in [6.45, 7) is 5.07. The number of thioether (sulfide) groups is 1. The molecule has 0 aromatic rings. The van der Waals surface area contributed by atoms with Crippen LogP contribution in [0.25, 0.3) is 0 Å². The van der Waals surface area contributed by atoms with E-state index < -0.39 is 0 Å². The van der Waals surface area contributed by atoms with Gasteiger partial charge in [0, 0.05) is 43.7 Å². The molecule has 1 aliphatic carbocycles. The largest absolute Gasteiger partial charge is 0.313 e. The molecule has 3 heteroatoms. The minimum Gasteiger partial charge on any atom is -0.313 e. The molecule has 1 N–H and O–H groups in total. The van der Waals surface area contributed by atoms with E-state index in [1.54, 1.807) is 0 Å². The van der Waals surface area contributed by atoms with E-state index in [0.29, 0.717) is 0 Å². The predicted molar refractivity (Wildman–Crippen MR) is 68.6 cm³/mol. The van der Waals surface area contributed by atoms with E-state index in [-0.39, 0.29) is 0 Å². The minimum absolute atomic E-state index is 0.831. The SMILES string of the molecule is C1CCC(NCCN2CCSCC2)CC1. The number of nitrogens with one attached hydrogen (secondary N) is 1. The van der Waals surface area contributed by atoms with Crippen LogP contribution in [0.5, 0.6) is 0 Å². The van der Waals surface area contributed by atoms with E-state index in [2.05, 4.69) is 22.0 Å². The highest BCUT2D eigenvalue weighted by atomic mass is 32.2. The van der Waals surface area contributed by atoms with Crippen LogP contribution in [0.3, 0.4) is 0 Å². The highest BCUT2D eigenvalue weighted by Crippen LogP contribution is 2.17. The molecule has 2 aliphatic rings. The molecule has 0 radical (unpaired) electrons. The quantitative estimate of drug-likeness (QED) is 0.792. The molecule has 2 fully saturated rings. The van der Waals surface area contributed by atoms with Crippen LogP contribution < -0.4 is 5.32 Å². The van der Waals surface area contributed by atoms with Crippen LogP contribution in [-0.2, 0) is 0 Å². The van der Waals surface area contributed by atoms with E-state index in [1.165, 1.54) is 69.8 Å². The molecule has 0 unspecified atom stereocenters. The lowest BCUT2D eigenvalue weighted by Gasteiger charge is -2.28. The summed E-state index contributed by atoms with van der Waals surface area (Å²) in [5.41, 5.74) is 0. The van der Waals surface area contributed by atoms with Gasteiger partial charge in [-0.1, -0.05) is 19.3 Å². The fourth-order valence-corrected chi connectivity index (χ4v) is 3.54. The molecule has 2 nitrogen and oxygen atoms in total. The predicted octanol–water partition coefficient (Wildman–Crippen LogP) is 1.96. The van der Waals surface area contributed by atoms with Crippen molar-refractivity contribution < 1.29 is 0 Å². The first-order valence-corrected chi connectivity index (χ1v) is 7.64. The normalized spacial score (nSPS) is 25.6. The summed E-state index contributed by atoms with van der Waals surface area (Å²) in [4.78, 5) is 2.60. The first-order valence-electron chi connectivity index (χ1n) is 6.48. The summed E-state index contributed by atoms with van der Waals surface area (Å²) in [5, 5.41) is 3.72. The Bertz CT molecular complexity index is 145. The fraction of sp³-hybridized carbons (Fsp3) is 1.00. The smallest absolute Gasteiger partial charge is 0.0108 e. The molecule has 15 heavy (non-hydrogen) atoms. The lowest BCUT2D eigenvalue weighted by molar-refractivity contribution is 0.284. The molecular formula is C12H24N2S. The molecule has 0 amide bonds. The van der Waals surface area contributed by atoms with E-state index in [1.807, 2.05) is 0 Å². The van der Waals surface area contributed by atoms with Crippen molar-refractivity contribution in [3.05, 3.63) is 0 Å². The minimum atomic E-state index is 0.831. The van der Waals surface area contributed by atoms with Gasteiger partial charge in [-0.15, -0.1) is 0 Å². The lowest BCUT2D eigenvalue weighted by Crippen LogP contribution is -2.41. The Morgan fingerprint density at radius 1 is 1.07 bits per heavy atom. The van der Waals surface area contributed by atoms with Crippen molar-refractivity contribution in [1.82, 2.24) is 10.2 Å². The van der Waals surface area contributed by atoms with Crippen LogP contribution in [0.4, 0.5) is 0 Å². The third-order valence-electron chi connectivity index (χ3n) is 3.57. The average molecular weight is 228 g/mol. The molecule has 0 bridgehead atoms. The molecule has 1 aliphatic heterocycles. The van der Waals surface area contributed by atoms with Gasteiger partial charge in [-0.25, -0.2) is 0 Å². The first-order chi connectivity index (χ1) is 7.45. The highest BCUT2D eigenvalue weighted by Gasteiger charge is 2.13. The zero-order valence-corrected chi connectivity index (χ0v) is 10.5. The molecule has 88 valence electrons. The molecule has 1 saturated heterocycles. The van der Waals surface area contributed by atoms with Crippen LogP contribution in [-0.4, -0.2) is 48.6 Å². The van der Waals surface area contributed by atoms with Gasteiger partial charge in [0.25, 0.3) is 0 Å². The lowest BCUT2D eigenvalue weighted by atomic mass is 9.95. The van der Waals surface area contributed by atoms with Crippen molar-refractivity contribution in [2.24, 2.45) is 0 Å². The Morgan fingerprint density at radius 2 is 1.80 bits per heavy atom. The Balaban J connectivity index is 1.53. The average Bonchev–Trinajstić information content (AvgIpc) is 2.32. The van der Waals surface area contributed by atoms with E-state index in [4.69, 9.17) is 0 Å². The van der Waals surface area contributed by atoms with Gasteiger partial charge in [0.05, 0.1) is 0 Å². The first kappa shape index (κ1) is 11.7. The molecule has 1 heterocycles. The summed E-state index contributed by atoms with van der Waals surface area (Å²) in [5.74, 6) is 2.67. The Morgan fingerprint density at radius 3 is 2.53 bits per heavy atom. The van der Waals surface area contributed by atoms with E-state index >= 15 is 0 Å². The zero-order chi connectivity index (χ0) is 10.3. The second-order valence-corrected chi connectivity index (χ2v) is 5.97. The van der Waals surface area contributed by atoms with Crippen LogP contribution in [0.1, 0.15) is 32.1 Å². The maximum atomic E-state index is 3.72. The van der Waals surface area contributed by atoms with Crippen molar-refractivity contribution in [2.75, 3.05) is 37.7 Å². The van der Waals surface area contributed by atoms with E-state index in [0.717, 1.165) is 6.04 Å². The summed E-state index contributed by atoms with van der Waals surface area (Å²) in [6.07, 6.45) is 7.17. The number of nitrogens with zero attached hydrogens (tertiary/aromatic N) is 1. The van der Waals surface area contributed by atoms with Crippen LogP contribution >= 0.6 is 11.8 Å². The van der Waals surface area contributed by atoms with Gasteiger partial charge in [0.15, 0.2) is 0 Å². The molecule has 1 saturated carbocycles. The van der Waals surface area contributed by atoms with Crippen molar-refractivity contribution in [1.29, 1.82) is 0 Å². The monoisotopic (exact) mass is 228 g/mol. The Kier molecular flexibility index (Phi) is 5.30. The van der Waals surface area contributed by atoms with Gasteiger partial charge < -0.3 is 10.2 Å². The Hall–Kier alpha value is 0.270. The maximum absolute atomic E-state index is 3.72. The van der Waals surface area contributed by atoms with Crippen molar-refractivity contribution in [2.45, 2.75) is 38.1 Å². The molecular weight excluding hydrogens is 204 g/mol. The zero-order valence-electron chi connectivity index (χ0n) is 9.71. The summed E-state index contributed by atoms with van der Waals surface area (Å²) in [7, 11) is 0. The van der Waals surface area contributed by atoms with Gasteiger partial charge in [0.1, 0.15) is 0 Å². The summed E-state index contributed by atoms with van der Waals surface area (Å²) in [6, 6.07) is 0.831. The molecule has 0 aromatic carbocycles. The fourth-order valence-electron chi connectivity index (χ4n) is 2.56. The third kappa shape index (κ3) is 4.33. The molecule has 0 atom stereocenters. The second kappa shape index (κ2) is 6.77. The van der Waals surface area contributed by atoms with Gasteiger partial charge >= 0.3 is 0 Å². The third-order valence-corrected chi connectivity index (χ3v) is 4.51. The van der Waals surface area contributed by atoms with Gasteiger partial charge in [-0.3, -0.25) is 0 Å².